The second-order valence-electron chi connectivity index (χ2n) is 6.45. The van der Waals surface area contributed by atoms with Crippen LogP contribution in [-0.2, 0) is 4.79 Å². The second-order valence-corrected chi connectivity index (χ2v) is 6.45. The van der Waals surface area contributed by atoms with Gasteiger partial charge in [0.2, 0.25) is 0 Å². The molecule has 2 aliphatic heterocycles. The fraction of sp³-hybridized carbons (Fsp3) is 0.588. The maximum atomic E-state index is 15.0. The number of nitrogens with zero attached hydrogens (tertiary/aromatic N) is 3. The molecule has 0 aliphatic carbocycles. The first-order valence-electron chi connectivity index (χ1n) is 8.20. The van der Waals surface area contributed by atoms with Crippen molar-refractivity contribution in [2.45, 2.75) is 38.3 Å². The molecule has 0 bridgehead atoms. The van der Waals surface area contributed by atoms with Crippen molar-refractivity contribution in [3.05, 3.63) is 29.6 Å². The Morgan fingerprint density at radius 2 is 1.74 bits per heavy atom. The summed E-state index contributed by atoms with van der Waals surface area (Å²) in [7, 11) is 0. The van der Waals surface area contributed by atoms with E-state index in [1.54, 1.807) is 28.1 Å². The maximum Gasteiger partial charge on any atom is 0.260 e. The highest BCUT2D eigenvalue weighted by Crippen LogP contribution is 2.30. The van der Waals surface area contributed by atoms with Crippen molar-refractivity contribution in [1.29, 1.82) is 0 Å². The minimum absolute atomic E-state index is 0.0767. The Kier molecular flexibility index (Phi) is 4.33. The van der Waals surface area contributed by atoms with Gasteiger partial charge in [-0.3, -0.25) is 14.6 Å². The van der Waals surface area contributed by atoms with Gasteiger partial charge in [-0.1, -0.05) is 0 Å². The highest BCUT2D eigenvalue weighted by atomic mass is 19.1. The van der Waals surface area contributed by atoms with Crippen LogP contribution in [0.15, 0.2) is 18.3 Å². The molecule has 3 rings (SSSR count). The van der Waals surface area contributed by atoms with Gasteiger partial charge in [0.25, 0.3) is 11.8 Å². The zero-order chi connectivity index (χ0) is 16.4. The van der Waals surface area contributed by atoms with Crippen molar-refractivity contribution in [2.75, 3.05) is 26.2 Å². The van der Waals surface area contributed by atoms with E-state index < -0.39 is 5.67 Å². The number of rotatable bonds is 2. The Hall–Kier alpha value is -1.98. The fourth-order valence-electron chi connectivity index (χ4n) is 3.26. The van der Waals surface area contributed by atoms with Crippen molar-refractivity contribution >= 4 is 11.8 Å². The number of halogens is 1. The van der Waals surface area contributed by atoms with Crippen LogP contribution in [0.2, 0.25) is 0 Å². The van der Waals surface area contributed by atoms with Gasteiger partial charge in [0.15, 0.2) is 5.67 Å². The molecule has 6 heteroatoms. The molecule has 2 amide bonds. The smallest absolute Gasteiger partial charge is 0.260 e. The minimum atomic E-state index is -1.81. The molecule has 5 nitrogen and oxygen atoms in total. The van der Waals surface area contributed by atoms with E-state index >= 15 is 0 Å². The molecule has 23 heavy (non-hydrogen) atoms. The summed E-state index contributed by atoms with van der Waals surface area (Å²) in [6.07, 6.45) is 3.60. The van der Waals surface area contributed by atoms with Gasteiger partial charge in [0.05, 0.1) is 5.56 Å². The van der Waals surface area contributed by atoms with E-state index in [1.165, 1.54) is 0 Å². The number of pyridine rings is 1. The lowest BCUT2D eigenvalue weighted by Crippen LogP contribution is -2.52. The number of aromatic nitrogens is 1. The molecule has 0 N–H and O–H groups in total. The molecule has 0 unspecified atom stereocenters. The quantitative estimate of drug-likeness (QED) is 0.837. The summed E-state index contributed by atoms with van der Waals surface area (Å²) < 4.78 is 15.0. The Morgan fingerprint density at radius 3 is 2.30 bits per heavy atom. The van der Waals surface area contributed by atoms with Gasteiger partial charge in [0, 0.05) is 50.9 Å². The van der Waals surface area contributed by atoms with E-state index in [0.29, 0.717) is 18.7 Å². The number of hydrogen-bond acceptors (Lipinski definition) is 3. The number of aryl methyl sites for hydroxylation is 1. The molecule has 1 aromatic heterocycles. The molecule has 1 aromatic rings. The molecule has 2 saturated heterocycles. The van der Waals surface area contributed by atoms with Gasteiger partial charge < -0.3 is 9.80 Å². The van der Waals surface area contributed by atoms with Crippen LogP contribution in [-0.4, -0.2) is 58.4 Å². The van der Waals surface area contributed by atoms with E-state index in [9.17, 15) is 14.0 Å². The molecule has 2 aliphatic rings. The maximum absolute atomic E-state index is 15.0. The molecular formula is C17H22FN3O2. The van der Waals surface area contributed by atoms with Crippen molar-refractivity contribution in [2.24, 2.45) is 0 Å². The Morgan fingerprint density at radius 1 is 1.09 bits per heavy atom. The van der Waals surface area contributed by atoms with Crippen molar-refractivity contribution in [1.82, 2.24) is 14.8 Å². The average Bonchev–Trinajstić information content (AvgIpc) is 3.09. The Balaban J connectivity index is 1.62. The molecular weight excluding hydrogens is 297 g/mol. The summed E-state index contributed by atoms with van der Waals surface area (Å²) in [5, 5.41) is 0. The first-order valence-corrected chi connectivity index (χ1v) is 8.20. The van der Waals surface area contributed by atoms with E-state index in [-0.39, 0.29) is 37.7 Å². The van der Waals surface area contributed by atoms with Crippen LogP contribution in [0.3, 0.4) is 0 Å². The van der Waals surface area contributed by atoms with Crippen molar-refractivity contribution in [3.8, 4) is 0 Å². The third kappa shape index (κ3) is 3.21. The normalized spacial score (nSPS) is 20.6. The van der Waals surface area contributed by atoms with Gasteiger partial charge >= 0.3 is 0 Å². The molecule has 0 spiro atoms. The Labute approximate surface area is 135 Å². The summed E-state index contributed by atoms with van der Waals surface area (Å²) >= 11 is 0. The van der Waals surface area contributed by atoms with Gasteiger partial charge in [0.1, 0.15) is 0 Å². The SMILES string of the molecule is Cc1ccc(C(=O)N2CCC(F)(C(=O)N3CCCC3)CC2)cn1. The Bertz CT molecular complexity index is 588. The number of piperidine rings is 1. The first kappa shape index (κ1) is 15.9. The molecule has 0 radical (unpaired) electrons. The van der Waals surface area contributed by atoms with Crippen molar-refractivity contribution in [3.63, 3.8) is 0 Å². The van der Waals surface area contributed by atoms with E-state index in [4.69, 9.17) is 0 Å². The molecule has 0 aromatic carbocycles. The zero-order valence-corrected chi connectivity index (χ0v) is 13.4. The molecule has 3 heterocycles. The van der Waals surface area contributed by atoms with Crippen LogP contribution in [0.1, 0.15) is 41.7 Å². The molecule has 124 valence electrons. The van der Waals surface area contributed by atoms with Gasteiger partial charge in [-0.05, 0) is 31.9 Å². The number of carbonyl (C=O) groups excluding carboxylic acids is 2. The molecule has 0 saturated carbocycles. The molecule has 2 fully saturated rings. The predicted molar refractivity (Wildman–Crippen MR) is 83.8 cm³/mol. The fourth-order valence-corrected chi connectivity index (χ4v) is 3.26. The topological polar surface area (TPSA) is 53.5 Å². The number of amides is 2. The van der Waals surface area contributed by atoms with Crippen LogP contribution in [0.4, 0.5) is 4.39 Å². The van der Waals surface area contributed by atoms with Crippen LogP contribution >= 0.6 is 0 Å². The van der Waals surface area contributed by atoms with Crippen LogP contribution < -0.4 is 0 Å². The van der Waals surface area contributed by atoms with E-state index in [1.807, 2.05) is 6.92 Å². The standard InChI is InChI=1S/C17H22FN3O2/c1-13-4-5-14(12-19-13)15(22)20-10-6-17(18,7-11-20)16(23)21-8-2-3-9-21/h4-5,12H,2-3,6-11H2,1H3. The highest BCUT2D eigenvalue weighted by Gasteiger charge is 2.45. The third-order valence-electron chi connectivity index (χ3n) is 4.78. The van der Waals surface area contributed by atoms with E-state index in [0.717, 1.165) is 18.5 Å². The summed E-state index contributed by atoms with van der Waals surface area (Å²) in [4.78, 5) is 32.1. The van der Waals surface area contributed by atoms with Crippen LogP contribution in [0, 0.1) is 6.92 Å². The van der Waals surface area contributed by atoms with E-state index in [2.05, 4.69) is 4.98 Å². The monoisotopic (exact) mass is 319 g/mol. The highest BCUT2D eigenvalue weighted by molar-refractivity contribution is 5.94. The average molecular weight is 319 g/mol. The van der Waals surface area contributed by atoms with Crippen LogP contribution in [0.25, 0.3) is 0 Å². The molecule has 0 atom stereocenters. The summed E-state index contributed by atoms with van der Waals surface area (Å²) in [6.45, 7) is 3.70. The summed E-state index contributed by atoms with van der Waals surface area (Å²) in [5.41, 5.74) is -0.459. The van der Waals surface area contributed by atoms with Gasteiger partial charge in [-0.2, -0.15) is 0 Å². The number of carbonyl (C=O) groups is 2. The third-order valence-corrected chi connectivity index (χ3v) is 4.78. The first-order chi connectivity index (χ1) is 11.0. The zero-order valence-electron chi connectivity index (χ0n) is 13.4. The lowest BCUT2D eigenvalue weighted by atomic mass is 9.91. The largest absolute Gasteiger partial charge is 0.340 e. The summed E-state index contributed by atoms with van der Waals surface area (Å²) in [6, 6.07) is 3.52. The van der Waals surface area contributed by atoms with Crippen molar-refractivity contribution < 1.29 is 14.0 Å². The van der Waals surface area contributed by atoms with Gasteiger partial charge in [-0.25, -0.2) is 4.39 Å². The second kappa shape index (κ2) is 6.26. The lowest BCUT2D eigenvalue weighted by molar-refractivity contribution is -0.145. The number of likely N-dealkylation sites (tertiary alicyclic amines) is 2. The number of alkyl halides is 1. The predicted octanol–water partition coefficient (Wildman–Crippen LogP) is 1.96. The van der Waals surface area contributed by atoms with Gasteiger partial charge in [-0.15, -0.1) is 0 Å². The van der Waals surface area contributed by atoms with Crippen LogP contribution in [0.5, 0.6) is 0 Å². The number of hydrogen-bond donors (Lipinski definition) is 0. The summed E-state index contributed by atoms with van der Waals surface area (Å²) in [5.74, 6) is -0.535. The lowest BCUT2D eigenvalue weighted by Gasteiger charge is -2.37. The minimum Gasteiger partial charge on any atom is -0.340 e.